The summed E-state index contributed by atoms with van der Waals surface area (Å²) in [5.74, 6) is -1.34. The fourth-order valence-electron chi connectivity index (χ4n) is 4.08. The third-order valence-corrected chi connectivity index (χ3v) is 6.67. The monoisotopic (exact) mass is 565 g/mol. The van der Waals surface area contributed by atoms with E-state index in [1.165, 1.54) is 14.0 Å². The molecule has 12 heteroatoms. The first-order valence-corrected chi connectivity index (χ1v) is 12.8. The number of alkyl halides is 3. The Labute approximate surface area is 230 Å². The van der Waals surface area contributed by atoms with Gasteiger partial charge >= 0.3 is 6.18 Å². The first-order valence-electron chi connectivity index (χ1n) is 12.8. The maximum Gasteiger partial charge on any atom is 0.406 e. The first-order chi connectivity index (χ1) is 18.9. The molecule has 1 aliphatic rings. The van der Waals surface area contributed by atoms with Crippen molar-refractivity contribution < 1.29 is 42.1 Å². The largest absolute Gasteiger partial charge is 0.497 e. The highest BCUT2D eigenvalue weighted by molar-refractivity contribution is 5.98. The molecule has 0 radical (unpaired) electrons. The molecule has 2 aromatic rings. The summed E-state index contributed by atoms with van der Waals surface area (Å²) in [5, 5.41) is 16.4. The number of ether oxygens (including phenoxy) is 2. The summed E-state index contributed by atoms with van der Waals surface area (Å²) in [4.78, 5) is 39.6. The molecular weight excluding hydrogens is 531 g/mol. The quantitative estimate of drug-likeness (QED) is 0.257. The Hall–Kier alpha value is -3.48. The lowest BCUT2D eigenvalue weighted by Gasteiger charge is -2.27. The molecule has 0 bridgehead atoms. The molecule has 218 valence electrons. The van der Waals surface area contributed by atoms with Crippen LogP contribution < -0.4 is 20.7 Å². The number of hydrogen-bond donors (Lipinski definition) is 4. The minimum Gasteiger partial charge on any atom is -0.497 e. The summed E-state index contributed by atoms with van der Waals surface area (Å²) in [5.41, 5.74) is 0.395. The molecule has 1 fully saturated rings. The number of nitrogens with one attached hydrogen (secondary N) is 3. The van der Waals surface area contributed by atoms with Gasteiger partial charge in [-0.1, -0.05) is 42.5 Å². The second-order valence-electron chi connectivity index (χ2n) is 9.91. The number of halogens is 3. The summed E-state index contributed by atoms with van der Waals surface area (Å²) < 4.78 is 49.8. The van der Waals surface area contributed by atoms with E-state index >= 15 is 0 Å². The van der Waals surface area contributed by atoms with Crippen LogP contribution in [0.1, 0.15) is 25.0 Å². The normalized spacial score (nSPS) is 19.6. The number of carbonyl (C=O) groups is 3. The number of Topliss-reactive ketones (excluding diaryl/α,β-unsaturated/α-hetero) is 1. The van der Waals surface area contributed by atoms with Gasteiger partial charge in [-0.05, 0) is 43.5 Å². The molecule has 2 aromatic carbocycles. The van der Waals surface area contributed by atoms with Crippen LogP contribution in [0.15, 0.2) is 54.6 Å². The van der Waals surface area contributed by atoms with Gasteiger partial charge in [0.2, 0.25) is 11.8 Å². The Morgan fingerprint density at radius 1 is 0.975 bits per heavy atom. The van der Waals surface area contributed by atoms with Crippen molar-refractivity contribution in [1.82, 2.24) is 16.0 Å². The fourth-order valence-corrected chi connectivity index (χ4v) is 4.08. The zero-order valence-corrected chi connectivity index (χ0v) is 22.5. The molecule has 1 unspecified atom stereocenters. The maximum atomic E-state index is 13.5. The van der Waals surface area contributed by atoms with Crippen LogP contribution in [-0.4, -0.2) is 79.0 Å². The molecule has 9 nitrogen and oxygen atoms in total. The third kappa shape index (κ3) is 8.51. The van der Waals surface area contributed by atoms with E-state index in [4.69, 9.17) is 14.6 Å². The van der Waals surface area contributed by atoms with Gasteiger partial charge in [0.1, 0.15) is 23.4 Å². The topological polar surface area (TPSA) is 129 Å². The van der Waals surface area contributed by atoms with Crippen LogP contribution >= 0.6 is 0 Å². The van der Waals surface area contributed by atoms with Crippen molar-refractivity contribution >= 4 is 17.6 Å². The van der Waals surface area contributed by atoms with Crippen molar-refractivity contribution in [3.05, 3.63) is 65.7 Å². The Bertz CT molecular complexity index is 1160. The van der Waals surface area contributed by atoms with Gasteiger partial charge < -0.3 is 25.2 Å². The van der Waals surface area contributed by atoms with Crippen LogP contribution in [0.2, 0.25) is 0 Å². The summed E-state index contributed by atoms with van der Waals surface area (Å²) in [6.45, 7) is 1.77. The van der Waals surface area contributed by atoms with Crippen molar-refractivity contribution in [2.75, 3.05) is 20.3 Å². The molecular formula is C28H34F3N3O6. The van der Waals surface area contributed by atoms with Gasteiger partial charge in [0.25, 0.3) is 0 Å². The van der Waals surface area contributed by atoms with Gasteiger partial charge in [0.15, 0.2) is 5.78 Å². The minimum absolute atomic E-state index is 0.0169. The predicted octanol–water partition coefficient (Wildman–Crippen LogP) is 1.71. The highest BCUT2D eigenvalue weighted by Gasteiger charge is 2.50. The Balaban J connectivity index is 1.81. The van der Waals surface area contributed by atoms with E-state index in [1.807, 2.05) is 23.5 Å². The molecule has 1 saturated heterocycles. The van der Waals surface area contributed by atoms with E-state index in [9.17, 15) is 27.6 Å². The summed E-state index contributed by atoms with van der Waals surface area (Å²) in [6, 6.07) is 9.81. The van der Waals surface area contributed by atoms with Crippen molar-refractivity contribution in [3.8, 4) is 5.75 Å². The van der Waals surface area contributed by atoms with Gasteiger partial charge in [0.05, 0.1) is 32.4 Å². The zero-order valence-electron chi connectivity index (χ0n) is 22.5. The first kappa shape index (κ1) is 31.1. The molecule has 40 heavy (non-hydrogen) atoms. The highest BCUT2D eigenvalue weighted by Crippen LogP contribution is 2.29. The smallest absolute Gasteiger partial charge is 0.406 e. The Kier molecular flexibility index (Phi) is 10.3. The van der Waals surface area contributed by atoms with Crippen LogP contribution in [0, 0.1) is 0 Å². The van der Waals surface area contributed by atoms with E-state index in [1.54, 1.807) is 43.3 Å². The molecule has 0 aromatic heterocycles. The molecule has 3 rings (SSSR count). The molecule has 0 aliphatic carbocycles. The number of hydrogen-bond acceptors (Lipinski definition) is 7. The molecule has 1 heterocycles. The zero-order chi connectivity index (χ0) is 29.5. The van der Waals surface area contributed by atoms with Crippen LogP contribution in [0.4, 0.5) is 13.2 Å². The Morgan fingerprint density at radius 2 is 1.52 bits per heavy atom. The van der Waals surface area contributed by atoms with E-state index in [2.05, 4.69) is 10.6 Å². The molecule has 0 saturated carbocycles. The second-order valence-corrected chi connectivity index (χ2v) is 9.91. The van der Waals surface area contributed by atoms with Gasteiger partial charge in [-0.3, -0.25) is 19.7 Å². The number of methoxy groups -OCH3 is 1. The van der Waals surface area contributed by atoms with E-state index in [0.717, 1.165) is 5.56 Å². The highest BCUT2D eigenvalue weighted by atomic mass is 19.4. The average Bonchev–Trinajstić information content (AvgIpc) is 3.68. The lowest BCUT2D eigenvalue weighted by molar-refractivity contribution is -0.166. The number of ketones is 1. The second kappa shape index (κ2) is 13.2. The van der Waals surface area contributed by atoms with Gasteiger partial charge in [-0.2, -0.15) is 13.2 Å². The molecule has 4 N–H and O–H groups in total. The lowest BCUT2D eigenvalue weighted by Crippen LogP contribution is -2.58. The maximum absolute atomic E-state index is 13.5. The summed E-state index contributed by atoms with van der Waals surface area (Å²) >= 11 is 0. The summed E-state index contributed by atoms with van der Waals surface area (Å²) in [6.07, 6.45) is -4.62. The number of aliphatic hydroxyl groups is 1. The van der Waals surface area contributed by atoms with Crippen LogP contribution in [-0.2, 0) is 32.0 Å². The van der Waals surface area contributed by atoms with Crippen LogP contribution in [0.3, 0.4) is 0 Å². The predicted molar refractivity (Wildman–Crippen MR) is 140 cm³/mol. The van der Waals surface area contributed by atoms with Crippen molar-refractivity contribution in [3.63, 3.8) is 0 Å². The number of rotatable bonds is 14. The van der Waals surface area contributed by atoms with E-state index in [0.29, 0.717) is 11.3 Å². The van der Waals surface area contributed by atoms with Crippen LogP contribution in [0.5, 0.6) is 5.75 Å². The average molecular weight is 566 g/mol. The van der Waals surface area contributed by atoms with Gasteiger partial charge in [-0.15, -0.1) is 0 Å². The van der Waals surface area contributed by atoms with Crippen molar-refractivity contribution in [2.24, 2.45) is 0 Å². The van der Waals surface area contributed by atoms with Gasteiger partial charge in [-0.25, -0.2) is 0 Å². The lowest BCUT2D eigenvalue weighted by atomic mass is 9.94. The van der Waals surface area contributed by atoms with Gasteiger partial charge in [0, 0.05) is 6.42 Å². The number of aliphatic hydroxyl groups excluding tert-OH is 1. The summed E-state index contributed by atoms with van der Waals surface area (Å²) in [7, 11) is 1.49. The van der Waals surface area contributed by atoms with E-state index < -0.39 is 54.4 Å². The number of epoxide rings is 1. The number of carbonyl (C=O) groups excluding carboxylic acids is 3. The minimum atomic E-state index is -4.78. The van der Waals surface area contributed by atoms with Crippen molar-refractivity contribution in [1.29, 1.82) is 0 Å². The SMILES string of the molecule is COc1ccc(C[C@H](NC(=O)[C@H](C)NC(CO)C(F)(F)F)C(=O)N[C@@H](Cc2ccccc2)C(=O)[C@@]2(C)CO2)cc1. The molecule has 0 spiro atoms. The fraction of sp³-hybridized carbons (Fsp3) is 0.464. The standard InChI is InChI=1S/C28H34F3N3O6/c1-17(32-23(15-35)28(29,30)31)25(37)34-22(14-19-9-11-20(39-3)12-10-19)26(38)33-21(24(36)27(2)16-40-27)13-18-7-5-4-6-8-18/h4-12,17,21-23,32,35H,13-16H2,1-3H3,(H,33,38)(H,34,37)/t17-,21-,22-,23?,27+/m0/s1. The van der Waals surface area contributed by atoms with Crippen LogP contribution in [0.25, 0.3) is 0 Å². The number of benzene rings is 2. The molecule has 1 aliphatic heterocycles. The molecule has 5 atom stereocenters. The van der Waals surface area contributed by atoms with E-state index in [-0.39, 0.29) is 25.2 Å². The Morgan fingerprint density at radius 3 is 2.05 bits per heavy atom. The number of amides is 2. The van der Waals surface area contributed by atoms with Crippen molar-refractivity contribution in [2.45, 2.75) is 62.6 Å². The third-order valence-electron chi connectivity index (χ3n) is 6.67. The molecule has 2 amide bonds.